The summed E-state index contributed by atoms with van der Waals surface area (Å²) in [5.74, 6) is 2.35. The second kappa shape index (κ2) is 5.21. The van der Waals surface area contributed by atoms with Gasteiger partial charge in [0.05, 0.1) is 18.3 Å². The van der Waals surface area contributed by atoms with Crippen molar-refractivity contribution >= 4 is 22.4 Å². The summed E-state index contributed by atoms with van der Waals surface area (Å²) >= 11 is 0. The van der Waals surface area contributed by atoms with Gasteiger partial charge in [-0.2, -0.15) is 0 Å². The fraction of sp³-hybridized carbons (Fsp3) is 0.200. The van der Waals surface area contributed by atoms with E-state index in [-0.39, 0.29) is 0 Å². The normalized spacial score (nSPS) is 10.8. The molecule has 0 saturated heterocycles. The fourth-order valence-corrected chi connectivity index (χ4v) is 2.00. The van der Waals surface area contributed by atoms with Crippen LogP contribution in [0.15, 0.2) is 40.9 Å². The molecule has 0 aliphatic carbocycles. The van der Waals surface area contributed by atoms with E-state index < -0.39 is 0 Å². The lowest BCUT2D eigenvalue weighted by Crippen LogP contribution is -2.01. The molecule has 0 atom stereocenters. The number of nitrogen functional groups attached to an aromatic ring is 1. The van der Waals surface area contributed by atoms with Gasteiger partial charge in [0.15, 0.2) is 0 Å². The van der Waals surface area contributed by atoms with Gasteiger partial charge in [-0.15, -0.1) is 0 Å². The summed E-state index contributed by atoms with van der Waals surface area (Å²) in [5, 5.41) is 4.23. The van der Waals surface area contributed by atoms with Crippen molar-refractivity contribution in [1.82, 2.24) is 9.97 Å². The van der Waals surface area contributed by atoms with E-state index in [9.17, 15) is 0 Å². The van der Waals surface area contributed by atoms with Gasteiger partial charge in [0.2, 0.25) is 5.89 Å². The minimum absolute atomic E-state index is 0.521. The molecule has 0 aliphatic rings. The van der Waals surface area contributed by atoms with Gasteiger partial charge in [-0.1, -0.05) is 6.92 Å². The minimum Gasteiger partial charge on any atom is -0.444 e. The zero-order valence-corrected chi connectivity index (χ0v) is 11.3. The number of hydrogen-bond donors (Lipinski definition) is 2. The van der Waals surface area contributed by atoms with Crippen molar-refractivity contribution in [3.05, 3.63) is 48.2 Å². The van der Waals surface area contributed by atoms with Gasteiger partial charge in [-0.05, 0) is 30.3 Å². The average molecular weight is 268 g/mol. The molecule has 2 aromatic heterocycles. The molecule has 0 saturated carbocycles. The predicted octanol–water partition coefficient (Wildman–Crippen LogP) is 2.98. The molecule has 0 radical (unpaired) electrons. The van der Waals surface area contributed by atoms with Gasteiger partial charge in [0.25, 0.3) is 0 Å². The highest BCUT2D eigenvalue weighted by atomic mass is 16.4. The summed E-state index contributed by atoms with van der Waals surface area (Å²) in [6.07, 6.45) is 2.61. The van der Waals surface area contributed by atoms with Crippen molar-refractivity contribution in [2.75, 3.05) is 11.1 Å². The zero-order valence-electron chi connectivity index (χ0n) is 11.3. The molecule has 0 bridgehead atoms. The molecule has 20 heavy (non-hydrogen) atoms. The van der Waals surface area contributed by atoms with Crippen LogP contribution < -0.4 is 11.1 Å². The van der Waals surface area contributed by atoms with E-state index in [0.717, 1.165) is 34.6 Å². The number of fused-ring (bicyclic) bond motifs is 1. The van der Waals surface area contributed by atoms with Gasteiger partial charge in [0.1, 0.15) is 11.6 Å². The molecule has 5 heteroatoms. The first-order valence-corrected chi connectivity index (χ1v) is 6.58. The van der Waals surface area contributed by atoms with E-state index in [1.54, 1.807) is 6.20 Å². The Hall–Kier alpha value is -2.56. The van der Waals surface area contributed by atoms with Crippen LogP contribution in [0.4, 0.5) is 11.5 Å². The lowest BCUT2D eigenvalue weighted by Gasteiger charge is -2.05. The number of nitrogens with zero attached hydrogens (tertiary/aromatic N) is 2. The Kier molecular flexibility index (Phi) is 3.25. The van der Waals surface area contributed by atoms with Gasteiger partial charge in [-0.25, -0.2) is 9.97 Å². The molecule has 3 rings (SSSR count). The Morgan fingerprint density at radius 1 is 1.25 bits per heavy atom. The number of hydrogen-bond acceptors (Lipinski definition) is 5. The number of rotatable bonds is 4. The summed E-state index contributed by atoms with van der Waals surface area (Å²) in [5.41, 5.74) is 7.40. The molecule has 102 valence electrons. The number of aryl methyl sites for hydroxylation is 1. The largest absolute Gasteiger partial charge is 0.444 e. The molecule has 2 heterocycles. The Morgan fingerprint density at radius 2 is 2.15 bits per heavy atom. The van der Waals surface area contributed by atoms with E-state index >= 15 is 0 Å². The SMILES string of the molecule is CCc1cnc(CNc2ccc3cc(N)ccc3n2)o1. The zero-order chi connectivity index (χ0) is 13.9. The van der Waals surface area contributed by atoms with Crippen LogP contribution in [-0.4, -0.2) is 9.97 Å². The lowest BCUT2D eigenvalue weighted by atomic mass is 10.2. The summed E-state index contributed by atoms with van der Waals surface area (Å²) in [7, 11) is 0. The van der Waals surface area contributed by atoms with Crippen LogP contribution >= 0.6 is 0 Å². The first-order valence-electron chi connectivity index (χ1n) is 6.58. The monoisotopic (exact) mass is 268 g/mol. The summed E-state index contributed by atoms with van der Waals surface area (Å²) in [6, 6.07) is 9.59. The Bertz CT molecular complexity index is 736. The molecule has 3 aromatic rings. The maximum atomic E-state index is 5.75. The molecule has 3 N–H and O–H groups in total. The van der Waals surface area contributed by atoms with Crippen LogP contribution in [0.2, 0.25) is 0 Å². The van der Waals surface area contributed by atoms with Crippen molar-refractivity contribution in [2.45, 2.75) is 19.9 Å². The van der Waals surface area contributed by atoms with E-state index in [2.05, 4.69) is 15.3 Å². The minimum atomic E-state index is 0.521. The molecule has 0 aliphatic heterocycles. The van der Waals surface area contributed by atoms with Crippen LogP contribution in [-0.2, 0) is 13.0 Å². The number of pyridine rings is 1. The van der Waals surface area contributed by atoms with Crippen molar-refractivity contribution in [1.29, 1.82) is 0 Å². The van der Waals surface area contributed by atoms with Crippen molar-refractivity contribution < 1.29 is 4.42 Å². The highest BCUT2D eigenvalue weighted by Crippen LogP contribution is 2.18. The summed E-state index contributed by atoms with van der Waals surface area (Å²) < 4.78 is 5.54. The van der Waals surface area contributed by atoms with E-state index in [1.807, 2.05) is 37.3 Å². The third kappa shape index (κ3) is 2.56. The second-order valence-corrected chi connectivity index (χ2v) is 4.58. The summed E-state index contributed by atoms with van der Waals surface area (Å²) in [4.78, 5) is 8.72. The molecule has 0 fully saturated rings. The van der Waals surface area contributed by atoms with Crippen molar-refractivity contribution in [3.8, 4) is 0 Å². The molecule has 0 amide bonds. The smallest absolute Gasteiger partial charge is 0.213 e. The first-order chi connectivity index (χ1) is 9.74. The Labute approximate surface area is 116 Å². The molecule has 1 aromatic carbocycles. The number of aromatic nitrogens is 2. The van der Waals surface area contributed by atoms with Crippen LogP contribution in [0, 0.1) is 0 Å². The Balaban J connectivity index is 1.75. The maximum absolute atomic E-state index is 5.75. The Morgan fingerprint density at radius 3 is 2.95 bits per heavy atom. The van der Waals surface area contributed by atoms with E-state index in [1.165, 1.54) is 0 Å². The number of benzene rings is 1. The van der Waals surface area contributed by atoms with Crippen molar-refractivity contribution in [2.24, 2.45) is 0 Å². The van der Waals surface area contributed by atoms with Crippen LogP contribution in [0.25, 0.3) is 10.9 Å². The quantitative estimate of drug-likeness (QED) is 0.711. The molecular weight excluding hydrogens is 252 g/mol. The van der Waals surface area contributed by atoms with Crippen LogP contribution in [0.3, 0.4) is 0 Å². The summed E-state index contributed by atoms with van der Waals surface area (Å²) in [6.45, 7) is 2.56. The predicted molar refractivity (Wildman–Crippen MR) is 79.4 cm³/mol. The van der Waals surface area contributed by atoms with Gasteiger partial charge in [-0.3, -0.25) is 0 Å². The second-order valence-electron chi connectivity index (χ2n) is 4.58. The first kappa shape index (κ1) is 12.5. The third-order valence-electron chi connectivity index (χ3n) is 3.08. The fourth-order valence-electron chi connectivity index (χ4n) is 2.00. The molecule has 5 nitrogen and oxygen atoms in total. The van der Waals surface area contributed by atoms with Gasteiger partial charge < -0.3 is 15.5 Å². The highest BCUT2D eigenvalue weighted by molar-refractivity contribution is 5.83. The highest BCUT2D eigenvalue weighted by Gasteiger charge is 2.03. The van der Waals surface area contributed by atoms with Gasteiger partial charge >= 0.3 is 0 Å². The van der Waals surface area contributed by atoms with E-state index in [0.29, 0.717) is 12.4 Å². The lowest BCUT2D eigenvalue weighted by molar-refractivity contribution is 0.465. The van der Waals surface area contributed by atoms with E-state index in [4.69, 9.17) is 10.2 Å². The molecule has 0 spiro atoms. The molecule has 0 unspecified atom stereocenters. The number of anilines is 2. The van der Waals surface area contributed by atoms with Crippen LogP contribution in [0.5, 0.6) is 0 Å². The topological polar surface area (TPSA) is 77.0 Å². The van der Waals surface area contributed by atoms with Crippen LogP contribution in [0.1, 0.15) is 18.6 Å². The van der Waals surface area contributed by atoms with Crippen molar-refractivity contribution in [3.63, 3.8) is 0 Å². The number of nitrogens with two attached hydrogens (primary N) is 1. The molecular formula is C15H16N4O. The number of oxazole rings is 1. The number of nitrogens with one attached hydrogen (secondary N) is 1. The standard InChI is InChI=1S/C15H16N4O/c1-2-12-8-18-15(20-12)9-17-14-6-3-10-7-11(16)4-5-13(10)19-14/h3-8H,2,9,16H2,1H3,(H,17,19). The van der Waals surface area contributed by atoms with Gasteiger partial charge in [0, 0.05) is 17.5 Å². The maximum Gasteiger partial charge on any atom is 0.213 e. The average Bonchev–Trinajstić information content (AvgIpc) is 2.93. The third-order valence-corrected chi connectivity index (χ3v) is 3.08.